The predicted octanol–water partition coefficient (Wildman–Crippen LogP) is 4.47. The predicted molar refractivity (Wildman–Crippen MR) is 76.5 cm³/mol. The third-order valence-corrected chi connectivity index (χ3v) is 3.84. The summed E-state index contributed by atoms with van der Waals surface area (Å²) in [5.74, 6) is -0.233. The average molecular weight is 311 g/mol. The number of benzene rings is 1. The summed E-state index contributed by atoms with van der Waals surface area (Å²) in [6, 6.07) is 4.94. The summed E-state index contributed by atoms with van der Waals surface area (Å²) in [5, 5.41) is 0. The first kappa shape index (κ1) is 13.6. The van der Waals surface area contributed by atoms with Gasteiger partial charge in [-0.1, -0.05) is 22.0 Å². The van der Waals surface area contributed by atoms with Crippen molar-refractivity contribution < 1.29 is 4.39 Å². The molecular formula is C15H18BrFN+. The molecule has 0 aromatic heterocycles. The van der Waals surface area contributed by atoms with Crippen molar-refractivity contribution in [2.75, 3.05) is 0 Å². The highest BCUT2D eigenvalue weighted by molar-refractivity contribution is 9.10. The lowest BCUT2D eigenvalue weighted by Gasteiger charge is -2.27. The minimum absolute atomic E-state index is 0.233. The summed E-state index contributed by atoms with van der Waals surface area (Å²) in [4.78, 5) is 0. The van der Waals surface area contributed by atoms with E-state index in [1.807, 2.05) is 6.92 Å². The van der Waals surface area contributed by atoms with Crippen molar-refractivity contribution in [3.8, 4) is 0 Å². The SMILES string of the molecule is CC(N)(CC1=CCC[CH+]C1)c1cc(Br)ccc1F. The zero-order chi connectivity index (χ0) is 13.2. The minimum Gasteiger partial charge on any atom is -0.321 e. The van der Waals surface area contributed by atoms with Gasteiger partial charge in [0.15, 0.2) is 0 Å². The van der Waals surface area contributed by atoms with Crippen LogP contribution in [0.25, 0.3) is 0 Å². The van der Waals surface area contributed by atoms with Gasteiger partial charge in [0, 0.05) is 22.0 Å². The first-order chi connectivity index (χ1) is 8.49. The quantitative estimate of drug-likeness (QED) is 0.647. The normalized spacial score (nSPS) is 18.8. The van der Waals surface area contributed by atoms with E-state index in [4.69, 9.17) is 5.73 Å². The van der Waals surface area contributed by atoms with E-state index in [1.165, 1.54) is 11.6 Å². The summed E-state index contributed by atoms with van der Waals surface area (Å²) in [6.07, 6.45) is 8.39. The van der Waals surface area contributed by atoms with Gasteiger partial charge in [0.05, 0.1) is 12.8 Å². The first-order valence-corrected chi connectivity index (χ1v) is 7.02. The smallest absolute Gasteiger partial charge is 0.128 e. The molecule has 3 heteroatoms. The van der Waals surface area contributed by atoms with Gasteiger partial charge in [0.2, 0.25) is 0 Å². The van der Waals surface area contributed by atoms with Crippen LogP contribution in [0.1, 0.15) is 38.2 Å². The molecule has 0 bridgehead atoms. The van der Waals surface area contributed by atoms with Crippen LogP contribution in [-0.4, -0.2) is 0 Å². The second-order valence-corrected chi connectivity index (χ2v) is 6.07. The van der Waals surface area contributed by atoms with Gasteiger partial charge >= 0.3 is 0 Å². The molecule has 0 saturated heterocycles. The molecule has 0 saturated carbocycles. The zero-order valence-corrected chi connectivity index (χ0v) is 12.1. The highest BCUT2D eigenvalue weighted by Crippen LogP contribution is 2.32. The molecule has 1 unspecified atom stereocenters. The fourth-order valence-electron chi connectivity index (χ4n) is 2.42. The van der Waals surface area contributed by atoms with E-state index in [0.717, 1.165) is 23.7 Å². The largest absolute Gasteiger partial charge is 0.321 e. The summed E-state index contributed by atoms with van der Waals surface area (Å²) in [5.41, 5.74) is 7.54. The first-order valence-electron chi connectivity index (χ1n) is 6.23. The molecule has 1 nitrogen and oxygen atoms in total. The van der Waals surface area contributed by atoms with Crippen LogP contribution in [0, 0.1) is 12.2 Å². The molecular weight excluding hydrogens is 293 g/mol. The lowest BCUT2D eigenvalue weighted by atomic mass is 9.83. The van der Waals surface area contributed by atoms with Crippen LogP contribution in [0.3, 0.4) is 0 Å². The summed E-state index contributed by atoms with van der Waals surface area (Å²) in [7, 11) is 0. The Bertz CT molecular complexity index is 466. The molecule has 1 aromatic carbocycles. The highest BCUT2D eigenvalue weighted by atomic mass is 79.9. The molecule has 18 heavy (non-hydrogen) atoms. The van der Waals surface area contributed by atoms with E-state index in [2.05, 4.69) is 28.4 Å². The molecule has 1 atom stereocenters. The van der Waals surface area contributed by atoms with Crippen LogP contribution in [0.15, 0.2) is 34.3 Å². The molecule has 0 heterocycles. The Morgan fingerprint density at radius 1 is 1.50 bits per heavy atom. The average Bonchev–Trinajstić information content (AvgIpc) is 2.33. The molecule has 1 aliphatic carbocycles. The zero-order valence-electron chi connectivity index (χ0n) is 10.5. The van der Waals surface area contributed by atoms with Crippen molar-refractivity contribution in [3.05, 3.63) is 52.1 Å². The molecule has 0 radical (unpaired) electrons. The Labute approximate surface area is 116 Å². The van der Waals surface area contributed by atoms with Crippen LogP contribution in [0.4, 0.5) is 4.39 Å². The van der Waals surface area contributed by atoms with E-state index >= 15 is 0 Å². The van der Waals surface area contributed by atoms with Gasteiger partial charge in [-0.3, -0.25) is 0 Å². The fraction of sp³-hybridized carbons (Fsp3) is 0.400. The lowest BCUT2D eigenvalue weighted by molar-refractivity contribution is 0.449. The molecule has 2 rings (SSSR count). The number of allylic oxidation sites excluding steroid dienone is 1. The second-order valence-electron chi connectivity index (χ2n) is 5.15. The number of halogens is 2. The van der Waals surface area contributed by atoms with Crippen LogP contribution in [0.5, 0.6) is 0 Å². The number of hydrogen-bond donors (Lipinski definition) is 1. The van der Waals surface area contributed by atoms with Gasteiger partial charge in [-0.2, -0.15) is 0 Å². The molecule has 1 aromatic rings. The van der Waals surface area contributed by atoms with Crippen LogP contribution < -0.4 is 5.73 Å². The van der Waals surface area contributed by atoms with E-state index in [-0.39, 0.29) is 5.82 Å². The minimum atomic E-state index is -0.662. The van der Waals surface area contributed by atoms with Crippen LogP contribution in [-0.2, 0) is 5.54 Å². The van der Waals surface area contributed by atoms with Crippen molar-refractivity contribution in [1.29, 1.82) is 0 Å². The monoisotopic (exact) mass is 310 g/mol. The number of nitrogens with two attached hydrogens (primary N) is 1. The maximum atomic E-state index is 13.9. The molecule has 0 spiro atoms. The summed E-state index contributed by atoms with van der Waals surface area (Å²) in [6.45, 7) is 1.90. The number of rotatable bonds is 3. The number of hydrogen-bond acceptors (Lipinski definition) is 1. The third-order valence-electron chi connectivity index (χ3n) is 3.35. The van der Waals surface area contributed by atoms with Gasteiger partial charge < -0.3 is 5.73 Å². The van der Waals surface area contributed by atoms with Gasteiger partial charge in [0.1, 0.15) is 12.2 Å². The van der Waals surface area contributed by atoms with Crippen molar-refractivity contribution >= 4 is 15.9 Å². The Hall–Kier alpha value is -0.800. The van der Waals surface area contributed by atoms with Crippen LogP contribution >= 0.6 is 15.9 Å². The molecule has 0 amide bonds. The Balaban J connectivity index is 2.23. The van der Waals surface area contributed by atoms with Crippen molar-refractivity contribution in [2.24, 2.45) is 5.73 Å². The maximum Gasteiger partial charge on any atom is 0.128 e. The highest BCUT2D eigenvalue weighted by Gasteiger charge is 2.27. The van der Waals surface area contributed by atoms with Crippen molar-refractivity contribution in [3.63, 3.8) is 0 Å². The van der Waals surface area contributed by atoms with Crippen molar-refractivity contribution in [2.45, 2.75) is 38.1 Å². The third kappa shape index (κ3) is 3.15. The Morgan fingerprint density at radius 3 is 2.94 bits per heavy atom. The molecule has 0 fully saturated rings. The fourth-order valence-corrected chi connectivity index (χ4v) is 2.78. The van der Waals surface area contributed by atoms with E-state index < -0.39 is 5.54 Å². The Kier molecular flexibility index (Phi) is 4.13. The van der Waals surface area contributed by atoms with E-state index in [1.54, 1.807) is 12.1 Å². The maximum absolute atomic E-state index is 13.9. The standard InChI is InChI=1S/C15H18BrFN/c1-15(18,10-11-5-3-2-4-6-11)13-9-12(16)7-8-14(13)17/h3,6-9H,2,4-5,10,18H2,1H3/q+1. The summed E-state index contributed by atoms with van der Waals surface area (Å²) >= 11 is 3.37. The van der Waals surface area contributed by atoms with Crippen molar-refractivity contribution in [1.82, 2.24) is 0 Å². The molecule has 0 aliphatic heterocycles. The molecule has 2 N–H and O–H groups in total. The topological polar surface area (TPSA) is 26.0 Å². The second kappa shape index (κ2) is 5.45. The molecule has 1 aliphatic rings. The van der Waals surface area contributed by atoms with Gasteiger partial charge in [-0.25, -0.2) is 4.39 Å². The van der Waals surface area contributed by atoms with Gasteiger partial charge in [-0.15, -0.1) is 0 Å². The Morgan fingerprint density at radius 2 is 2.28 bits per heavy atom. The van der Waals surface area contributed by atoms with Crippen LogP contribution in [0.2, 0.25) is 0 Å². The molecule has 96 valence electrons. The van der Waals surface area contributed by atoms with E-state index in [9.17, 15) is 4.39 Å². The lowest BCUT2D eigenvalue weighted by Crippen LogP contribution is -2.34. The van der Waals surface area contributed by atoms with Gasteiger partial charge in [0.25, 0.3) is 0 Å². The summed E-state index contributed by atoms with van der Waals surface area (Å²) < 4.78 is 14.8. The van der Waals surface area contributed by atoms with Gasteiger partial charge in [-0.05, 0) is 37.1 Å². The van der Waals surface area contributed by atoms with E-state index in [0.29, 0.717) is 12.0 Å².